The summed E-state index contributed by atoms with van der Waals surface area (Å²) in [5.41, 5.74) is 5.71. The van der Waals surface area contributed by atoms with Crippen molar-refractivity contribution in [3.8, 4) is 0 Å². The molecule has 3 unspecified atom stereocenters. The van der Waals surface area contributed by atoms with Crippen LogP contribution in [-0.4, -0.2) is 80.7 Å². The molecule has 0 saturated carbocycles. The molecular formula is C31H52N6O7. The number of benzene rings is 1. The summed E-state index contributed by atoms with van der Waals surface area (Å²) in [6.45, 7) is 9.88. The second-order valence-electron chi connectivity index (χ2n) is 11.9. The Kier molecular flexibility index (Phi) is 16.8. The molecule has 0 aliphatic rings. The van der Waals surface area contributed by atoms with Crippen LogP contribution in [0.1, 0.15) is 72.3 Å². The van der Waals surface area contributed by atoms with Gasteiger partial charge in [-0.1, -0.05) is 38.8 Å². The number of likely N-dealkylation sites (N-methyl/N-ethyl adjacent to an activating group) is 2. The van der Waals surface area contributed by atoms with E-state index in [2.05, 4.69) is 28.2 Å². The van der Waals surface area contributed by atoms with E-state index in [0.717, 1.165) is 19.3 Å². The lowest BCUT2D eigenvalue weighted by atomic mass is 9.94. The average Bonchev–Trinajstić information content (AvgIpc) is 2.96. The number of unbranched alkanes of at least 4 members (excludes halogenated alkanes) is 1. The van der Waals surface area contributed by atoms with Crippen molar-refractivity contribution >= 4 is 35.6 Å². The molecule has 248 valence electrons. The highest BCUT2D eigenvalue weighted by molar-refractivity contribution is 5.97. The molecule has 44 heavy (non-hydrogen) atoms. The number of rotatable bonds is 18. The molecule has 0 radical (unpaired) electrons. The SMILES string of the molecule is CCCCC(C)C(NC)C(=O)NC(CCCNC(N)=O)C(=O)Nc1ccc(COC(=O)N(C)CCOC(=O)C(C)(C)C)cc1. The van der Waals surface area contributed by atoms with Crippen LogP contribution in [0.25, 0.3) is 0 Å². The third-order valence-corrected chi connectivity index (χ3v) is 6.94. The number of anilines is 1. The predicted octanol–water partition coefficient (Wildman–Crippen LogP) is 3.13. The molecule has 0 aliphatic heterocycles. The molecule has 0 fully saturated rings. The van der Waals surface area contributed by atoms with Crippen LogP contribution in [0, 0.1) is 11.3 Å². The van der Waals surface area contributed by atoms with E-state index < -0.39 is 35.5 Å². The summed E-state index contributed by atoms with van der Waals surface area (Å²) in [4.78, 5) is 62.9. The normalized spacial score (nSPS) is 13.2. The fourth-order valence-corrected chi connectivity index (χ4v) is 4.17. The standard InChI is InChI=1S/C31H52N6O7/c1-8-9-11-21(2)25(33-6)27(39)36-24(12-10-17-34-29(32)41)26(38)35-23-15-13-22(14-16-23)20-44-30(42)37(7)18-19-43-28(40)31(3,4)5/h13-16,21,24-25,33H,8-12,17-20H2,1-7H3,(H,35,38)(H,36,39)(H3,32,34,41). The molecule has 0 heterocycles. The fourth-order valence-electron chi connectivity index (χ4n) is 4.17. The topological polar surface area (TPSA) is 181 Å². The molecule has 13 heteroatoms. The van der Waals surface area contributed by atoms with Crippen LogP contribution in [0.5, 0.6) is 0 Å². The Balaban J connectivity index is 2.74. The number of carbonyl (C=O) groups excluding carboxylic acids is 5. The zero-order valence-corrected chi connectivity index (χ0v) is 27.3. The monoisotopic (exact) mass is 620 g/mol. The van der Waals surface area contributed by atoms with Gasteiger partial charge in [0.2, 0.25) is 11.8 Å². The lowest BCUT2D eigenvalue weighted by Crippen LogP contribution is -2.53. The molecular weight excluding hydrogens is 568 g/mol. The van der Waals surface area contributed by atoms with Crippen molar-refractivity contribution in [2.75, 3.05) is 39.1 Å². The minimum Gasteiger partial charge on any atom is -0.463 e. The minimum absolute atomic E-state index is 0.00630. The molecule has 1 rings (SSSR count). The number of esters is 1. The van der Waals surface area contributed by atoms with Crippen molar-refractivity contribution in [1.82, 2.24) is 20.9 Å². The number of hydrogen-bond acceptors (Lipinski definition) is 8. The third-order valence-electron chi connectivity index (χ3n) is 6.94. The summed E-state index contributed by atoms with van der Waals surface area (Å²) in [6, 6.07) is 4.82. The maximum Gasteiger partial charge on any atom is 0.409 e. The Morgan fingerprint density at radius 2 is 1.64 bits per heavy atom. The van der Waals surface area contributed by atoms with Gasteiger partial charge in [-0.2, -0.15) is 0 Å². The third kappa shape index (κ3) is 14.5. The van der Waals surface area contributed by atoms with Crippen molar-refractivity contribution in [3.63, 3.8) is 0 Å². The Labute approximate surface area is 261 Å². The lowest BCUT2D eigenvalue weighted by Gasteiger charge is -2.26. The predicted molar refractivity (Wildman–Crippen MR) is 169 cm³/mol. The van der Waals surface area contributed by atoms with Crippen LogP contribution < -0.4 is 27.0 Å². The maximum absolute atomic E-state index is 13.2. The number of ether oxygens (including phenoxy) is 2. The minimum atomic E-state index is -0.842. The molecule has 5 amide bonds. The molecule has 0 aromatic heterocycles. The van der Waals surface area contributed by atoms with Gasteiger partial charge >= 0.3 is 18.1 Å². The van der Waals surface area contributed by atoms with Gasteiger partial charge in [0.05, 0.1) is 18.0 Å². The zero-order chi connectivity index (χ0) is 33.3. The first kappa shape index (κ1) is 38.2. The number of hydrogen-bond donors (Lipinski definition) is 5. The Hall–Kier alpha value is -3.87. The maximum atomic E-state index is 13.2. The van der Waals surface area contributed by atoms with Crippen LogP contribution in [0.4, 0.5) is 15.3 Å². The smallest absolute Gasteiger partial charge is 0.409 e. The second kappa shape index (κ2) is 19.4. The highest BCUT2D eigenvalue weighted by Gasteiger charge is 2.28. The van der Waals surface area contributed by atoms with E-state index in [-0.39, 0.29) is 50.5 Å². The van der Waals surface area contributed by atoms with Crippen molar-refractivity contribution in [2.45, 2.75) is 85.4 Å². The van der Waals surface area contributed by atoms with Gasteiger partial charge in [0.15, 0.2) is 0 Å². The first-order valence-corrected chi connectivity index (χ1v) is 15.1. The zero-order valence-electron chi connectivity index (χ0n) is 27.3. The molecule has 6 N–H and O–H groups in total. The van der Waals surface area contributed by atoms with Gasteiger partial charge in [0.1, 0.15) is 19.3 Å². The summed E-state index contributed by atoms with van der Waals surface area (Å²) in [5.74, 6) is -0.943. The molecule has 0 bridgehead atoms. The van der Waals surface area contributed by atoms with E-state index in [1.807, 2.05) is 6.92 Å². The van der Waals surface area contributed by atoms with Crippen LogP contribution in [0.15, 0.2) is 24.3 Å². The van der Waals surface area contributed by atoms with Gasteiger partial charge in [-0.3, -0.25) is 14.4 Å². The van der Waals surface area contributed by atoms with Crippen molar-refractivity contribution in [2.24, 2.45) is 17.1 Å². The lowest BCUT2D eigenvalue weighted by molar-refractivity contribution is -0.153. The Bertz CT molecular complexity index is 1070. The Morgan fingerprint density at radius 3 is 2.20 bits per heavy atom. The van der Waals surface area contributed by atoms with Gasteiger partial charge in [-0.05, 0) is 70.7 Å². The number of amides is 5. The van der Waals surface area contributed by atoms with E-state index in [4.69, 9.17) is 15.2 Å². The van der Waals surface area contributed by atoms with Gasteiger partial charge in [0, 0.05) is 19.3 Å². The van der Waals surface area contributed by atoms with Gasteiger partial charge < -0.3 is 41.4 Å². The molecule has 0 aliphatic carbocycles. The molecule has 0 saturated heterocycles. The number of nitrogens with one attached hydrogen (secondary N) is 4. The van der Waals surface area contributed by atoms with E-state index in [0.29, 0.717) is 17.7 Å². The molecule has 1 aromatic carbocycles. The highest BCUT2D eigenvalue weighted by atomic mass is 16.6. The average molecular weight is 621 g/mol. The summed E-state index contributed by atoms with van der Waals surface area (Å²) in [5, 5.41) is 11.3. The van der Waals surface area contributed by atoms with E-state index in [1.165, 1.54) is 4.90 Å². The quantitative estimate of drug-likeness (QED) is 0.123. The largest absolute Gasteiger partial charge is 0.463 e. The van der Waals surface area contributed by atoms with E-state index in [9.17, 15) is 24.0 Å². The van der Waals surface area contributed by atoms with Crippen LogP contribution in [0.2, 0.25) is 0 Å². The van der Waals surface area contributed by atoms with Crippen LogP contribution in [0.3, 0.4) is 0 Å². The van der Waals surface area contributed by atoms with Crippen molar-refractivity contribution in [1.29, 1.82) is 0 Å². The Morgan fingerprint density at radius 1 is 0.977 bits per heavy atom. The highest BCUT2D eigenvalue weighted by Crippen LogP contribution is 2.16. The van der Waals surface area contributed by atoms with E-state index in [1.54, 1.807) is 59.1 Å². The number of carbonyl (C=O) groups is 5. The number of nitrogens with zero attached hydrogens (tertiary/aromatic N) is 1. The van der Waals surface area contributed by atoms with Crippen LogP contribution >= 0.6 is 0 Å². The number of nitrogens with two attached hydrogens (primary N) is 1. The molecule has 3 atom stereocenters. The van der Waals surface area contributed by atoms with Gasteiger partial charge in [-0.25, -0.2) is 9.59 Å². The van der Waals surface area contributed by atoms with Crippen molar-refractivity contribution < 1.29 is 33.4 Å². The second-order valence-corrected chi connectivity index (χ2v) is 11.9. The molecule has 1 aromatic rings. The summed E-state index contributed by atoms with van der Waals surface area (Å²) in [7, 11) is 3.27. The van der Waals surface area contributed by atoms with E-state index >= 15 is 0 Å². The molecule has 13 nitrogen and oxygen atoms in total. The van der Waals surface area contributed by atoms with Gasteiger partial charge in [-0.15, -0.1) is 0 Å². The summed E-state index contributed by atoms with van der Waals surface area (Å²) >= 11 is 0. The number of urea groups is 1. The molecule has 0 spiro atoms. The van der Waals surface area contributed by atoms with Crippen LogP contribution in [-0.2, 0) is 30.5 Å². The van der Waals surface area contributed by atoms with Gasteiger partial charge in [0.25, 0.3) is 0 Å². The van der Waals surface area contributed by atoms with Crippen molar-refractivity contribution in [3.05, 3.63) is 29.8 Å². The summed E-state index contributed by atoms with van der Waals surface area (Å²) < 4.78 is 10.5. The summed E-state index contributed by atoms with van der Waals surface area (Å²) in [6.07, 6.45) is 3.04. The first-order valence-electron chi connectivity index (χ1n) is 15.1. The first-order chi connectivity index (χ1) is 20.7. The fraction of sp³-hybridized carbons (Fsp3) is 0.645. The number of primary amides is 1.